The Morgan fingerprint density at radius 3 is 1.93 bits per heavy atom. The van der Waals surface area contributed by atoms with Crippen LogP contribution in [0.25, 0.3) is 0 Å². The van der Waals surface area contributed by atoms with Gasteiger partial charge in [0.2, 0.25) is 5.91 Å². The first-order valence-electron chi connectivity index (χ1n) is 8.98. The Morgan fingerprint density at radius 2 is 1.43 bits per heavy atom. The van der Waals surface area contributed by atoms with Gasteiger partial charge in [-0.25, -0.2) is 0 Å². The van der Waals surface area contributed by atoms with E-state index in [1.54, 1.807) is 26.4 Å². The quantitative estimate of drug-likeness (QED) is 0.745. The number of aliphatic hydroxyl groups is 1. The fourth-order valence-corrected chi connectivity index (χ4v) is 3.20. The lowest BCUT2D eigenvalue weighted by molar-refractivity contribution is -0.140. The van der Waals surface area contributed by atoms with E-state index in [1.165, 1.54) is 11.0 Å². The van der Waals surface area contributed by atoms with Gasteiger partial charge < -0.3 is 19.5 Å². The third kappa shape index (κ3) is 4.23. The van der Waals surface area contributed by atoms with Crippen molar-refractivity contribution in [2.75, 3.05) is 20.8 Å². The Hall–Kier alpha value is -3.12. The van der Waals surface area contributed by atoms with Crippen molar-refractivity contribution in [3.8, 4) is 11.5 Å². The summed E-state index contributed by atoms with van der Waals surface area (Å²) in [5, 5.41) is 9.64. The summed E-state index contributed by atoms with van der Waals surface area (Å²) < 4.78 is 10.3. The first kappa shape index (κ1) is 19.6. The van der Waals surface area contributed by atoms with Crippen LogP contribution in [0.3, 0.4) is 0 Å². The molecule has 1 aliphatic heterocycles. The molecule has 1 unspecified atom stereocenters. The number of amides is 1. The maximum atomic E-state index is 13.1. The van der Waals surface area contributed by atoms with Gasteiger partial charge in [-0.1, -0.05) is 24.3 Å². The average Bonchev–Trinajstić information content (AvgIpc) is 2.73. The zero-order valence-corrected chi connectivity index (χ0v) is 15.9. The number of nitrogens with zero attached hydrogens (tertiary/aromatic N) is 1. The SMILES string of the molecule is COc1ccc(CC2C(=O)C=C(CO)N(Cc3ccc(OC)cc3)C2=O)cc1. The number of ketones is 1. The molecule has 0 spiro atoms. The van der Waals surface area contributed by atoms with Gasteiger partial charge in [-0.2, -0.15) is 0 Å². The predicted molar refractivity (Wildman–Crippen MR) is 104 cm³/mol. The molecule has 0 saturated heterocycles. The van der Waals surface area contributed by atoms with Crippen molar-refractivity contribution in [3.63, 3.8) is 0 Å². The molecule has 1 N–H and O–H groups in total. The number of hydrogen-bond donors (Lipinski definition) is 1. The molecule has 146 valence electrons. The number of carbonyl (C=O) groups is 2. The van der Waals surface area contributed by atoms with Crippen LogP contribution >= 0.6 is 0 Å². The molecule has 0 aliphatic carbocycles. The molecule has 2 aromatic rings. The van der Waals surface area contributed by atoms with Gasteiger partial charge >= 0.3 is 0 Å². The summed E-state index contributed by atoms with van der Waals surface area (Å²) in [4.78, 5) is 27.1. The van der Waals surface area contributed by atoms with Crippen LogP contribution in [-0.2, 0) is 22.6 Å². The molecule has 2 aromatic carbocycles. The summed E-state index contributed by atoms with van der Waals surface area (Å²) >= 11 is 0. The summed E-state index contributed by atoms with van der Waals surface area (Å²) in [6, 6.07) is 14.6. The lowest BCUT2D eigenvalue weighted by atomic mass is 9.90. The van der Waals surface area contributed by atoms with Crippen molar-refractivity contribution in [3.05, 3.63) is 71.4 Å². The lowest BCUT2D eigenvalue weighted by Crippen LogP contribution is -2.44. The summed E-state index contributed by atoms with van der Waals surface area (Å²) in [6.45, 7) is -0.0928. The van der Waals surface area contributed by atoms with E-state index in [9.17, 15) is 14.7 Å². The molecule has 0 bridgehead atoms. The fraction of sp³-hybridized carbons (Fsp3) is 0.273. The summed E-state index contributed by atoms with van der Waals surface area (Å²) in [6.07, 6.45) is 1.68. The smallest absolute Gasteiger partial charge is 0.238 e. The molecule has 3 rings (SSSR count). The predicted octanol–water partition coefficient (Wildman–Crippen LogP) is 2.35. The highest BCUT2D eigenvalue weighted by atomic mass is 16.5. The monoisotopic (exact) mass is 381 g/mol. The third-order valence-electron chi connectivity index (χ3n) is 4.82. The van der Waals surface area contributed by atoms with Gasteiger partial charge in [-0.15, -0.1) is 0 Å². The van der Waals surface area contributed by atoms with Crippen LogP contribution < -0.4 is 9.47 Å². The molecule has 6 nitrogen and oxygen atoms in total. The molecule has 0 aromatic heterocycles. The first-order valence-corrected chi connectivity index (χ1v) is 8.98. The standard InChI is InChI=1S/C22H23NO5/c1-27-18-7-3-15(4-8-18)11-20-21(25)12-17(14-24)23(22(20)26)13-16-5-9-19(28-2)10-6-16/h3-10,12,20,24H,11,13-14H2,1-2H3. The number of carbonyl (C=O) groups excluding carboxylic acids is 2. The molecule has 6 heteroatoms. The molecule has 1 aliphatic rings. The van der Waals surface area contributed by atoms with Crippen molar-refractivity contribution in [2.45, 2.75) is 13.0 Å². The average molecular weight is 381 g/mol. The highest BCUT2D eigenvalue weighted by Crippen LogP contribution is 2.25. The van der Waals surface area contributed by atoms with E-state index >= 15 is 0 Å². The van der Waals surface area contributed by atoms with Gasteiger partial charge in [0.25, 0.3) is 0 Å². The van der Waals surface area contributed by atoms with Crippen molar-refractivity contribution in [2.24, 2.45) is 5.92 Å². The molecule has 1 amide bonds. The van der Waals surface area contributed by atoms with Crippen LogP contribution in [0, 0.1) is 5.92 Å². The van der Waals surface area contributed by atoms with Gasteiger partial charge in [0.05, 0.1) is 33.1 Å². The zero-order valence-electron chi connectivity index (χ0n) is 15.9. The maximum Gasteiger partial charge on any atom is 0.238 e. The third-order valence-corrected chi connectivity index (χ3v) is 4.82. The van der Waals surface area contributed by atoms with E-state index in [-0.39, 0.29) is 24.8 Å². The molecule has 0 saturated carbocycles. The van der Waals surface area contributed by atoms with E-state index in [4.69, 9.17) is 9.47 Å². The minimum atomic E-state index is -0.804. The second kappa shape index (κ2) is 8.71. The number of aliphatic hydroxyl groups excluding tert-OH is 1. The second-order valence-corrected chi connectivity index (χ2v) is 6.57. The van der Waals surface area contributed by atoms with Crippen LogP contribution in [0.2, 0.25) is 0 Å². The summed E-state index contributed by atoms with van der Waals surface area (Å²) in [7, 11) is 3.17. The van der Waals surface area contributed by atoms with Crippen LogP contribution in [0.4, 0.5) is 0 Å². The van der Waals surface area contributed by atoms with Crippen molar-refractivity contribution >= 4 is 11.7 Å². The summed E-state index contributed by atoms with van der Waals surface area (Å²) in [5.74, 6) is 0.0498. The number of methoxy groups -OCH3 is 2. The molecular weight excluding hydrogens is 358 g/mol. The van der Waals surface area contributed by atoms with Crippen molar-refractivity contribution in [1.29, 1.82) is 0 Å². The Kier molecular flexibility index (Phi) is 6.11. The van der Waals surface area contributed by atoms with Gasteiger partial charge in [0.1, 0.15) is 17.4 Å². The van der Waals surface area contributed by atoms with E-state index in [0.717, 1.165) is 16.9 Å². The minimum absolute atomic E-state index is 0.279. The molecule has 0 radical (unpaired) electrons. The lowest BCUT2D eigenvalue weighted by Gasteiger charge is -2.32. The van der Waals surface area contributed by atoms with Crippen molar-refractivity contribution < 1.29 is 24.2 Å². The Bertz CT molecular complexity index is 871. The Labute approximate surface area is 164 Å². The van der Waals surface area contributed by atoms with E-state index < -0.39 is 5.92 Å². The number of benzene rings is 2. The minimum Gasteiger partial charge on any atom is -0.497 e. The first-order chi connectivity index (χ1) is 13.5. The topological polar surface area (TPSA) is 76.1 Å². The highest BCUT2D eigenvalue weighted by molar-refractivity contribution is 6.10. The molecule has 1 atom stereocenters. The van der Waals surface area contributed by atoms with Crippen LogP contribution in [0.15, 0.2) is 60.3 Å². The normalized spacial score (nSPS) is 16.8. The Balaban J connectivity index is 1.81. The van der Waals surface area contributed by atoms with Gasteiger partial charge in [0, 0.05) is 6.08 Å². The van der Waals surface area contributed by atoms with Gasteiger partial charge in [-0.05, 0) is 41.8 Å². The summed E-state index contributed by atoms with van der Waals surface area (Å²) in [5.41, 5.74) is 2.07. The number of allylic oxidation sites excluding steroid dienone is 1. The second-order valence-electron chi connectivity index (χ2n) is 6.57. The van der Waals surface area contributed by atoms with E-state index in [2.05, 4.69) is 0 Å². The maximum absolute atomic E-state index is 13.1. The number of hydrogen-bond acceptors (Lipinski definition) is 5. The zero-order chi connectivity index (χ0) is 20.1. The largest absolute Gasteiger partial charge is 0.497 e. The molecule has 1 heterocycles. The van der Waals surface area contributed by atoms with Crippen LogP contribution in [0.5, 0.6) is 11.5 Å². The molecule has 28 heavy (non-hydrogen) atoms. The molecule has 0 fully saturated rings. The van der Waals surface area contributed by atoms with Crippen LogP contribution in [0.1, 0.15) is 11.1 Å². The van der Waals surface area contributed by atoms with E-state index in [1.807, 2.05) is 36.4 Å². The number of rotatable bonds is 7. The Morgan fingerprint density at radius 1 is 0.893 bits per heavy atom. The highest BCUT2D eigenvalue weighted by Gasteiger charge is 2.35. The fourth-order valence-electron chi connectivity index (χ4n) is 3.20. The van der Waals surface area contributed by atoms with Crippen LogP contribution in [-0.4, -0.2) is 42.5 Å². The van der Waals surface area contributed by atoms with Gasteiger partial charge in [0.15, 0.2) is 5.78 Å². The van der Waals surface area contributed by atoms with Gasteiger partial charge in [-0.3, -0.25) is 9.59 Å². The molecular formula is C22H23NO5. The number of ether oxygens (including phenoxy) is 2. The van der Waals surface area contributed by atoms with Crippen molar-refractivity contribution in [1.82, 2.24) is 4.90 Å². The van der Waals surface area contributed by atoms with E-state index in [0.29, 0.717) is 17.9 Å².